The number of hydrogen-bond donors (Lipinski definition) is 0. The average Bonchev–Trinajstić information content (AvgIpc) is 2.17. The van der Waals surface area contributed by atoms with E-state index in [2.05, 4.69) is 6.08 Å². The van der Waals surface area contributed by atoms with E-state index in [1.807, 2.05) is 31.2 Å². The second-order valence-electron chi connectivity index (χ2n) is 3.11. The largest absolute Gasteiger partial charge is 0.460 e. The Bertz CT molecular complexity index is 342. The van der Waals surface area contributed by atoms with Gasteiger partial charge in [-0.1, -0.05) is 18.2 Å². The molecule has 0 N–H and O–H groups in total. The lowest BCUT2D eigenvalue weighted by molar-refractivity contribution is -0.0259. The van der Waals surface area contributed by atoms with Gasteiger partial charge in [0.15, 0.2) is 0 Å². The summed E-state index contributed by atoms with van der Waals surface area (Å²) in [7, 11) is 1.65. The van der Waals surface area contributed by atoms with Crippen LogP contribution in [-0.2, 0) is 4.74 Å². The lowest BCUT2D eigenvalue weighted by Gasteiger charge is -2.23. The second kappa shape index (κ2) is 3.23. The van der Waals surface area contributed by atoms with Crippen LogP contribution in [0.15, 0.2) is 29.8 Å². The van der Waals surface area contributed by atoms with E-state index in [9.17, 15) is 0 Å². The van der Waals surface area contributed by atoms with Crippen molar-refractivity contribution >= 4 is 6.08 Å². The van der Waals surface area contributed by atoms with Crippen LogP contribution in [0.2, 0.25) is 0 Å². The number of hydrogen-bond acceptors (Lipinski definition) is 2. The second-order valence-corrected chi connectivity index (χ2v) is 3.11. The summed E-state index contributed by atoms with van der Waals surface area (Å²) in [5, 5.41) is 0. The summed E-state index contributed by atoms with van der Waals surface area (Å²) in [5.41, 5.74) is 2.22. The molecule has 2 nitrogen and oxygen atoms in total. The lowest BCUT2D eigenvalue weighted by Crippen LogP contribution is -2.22. The van der Waals surface area contributed by atoms with Crippen molar-refractivity contribution in [2.75, 3.05) is 7.11 Å². The van der Waals surface area contributed by atoms with Gasteiger partial charge >= 0.3 is 0 Å². The highest BCUT2D eigenvalue weighted by Crippen LogP contribution is 2.28. The van der Waals surface area contributed by atoms with Gasteiger partial charge in [0.25, 0.3) is 0 Å². The molecule has 2 heteroatoms. The fourth-order valence-corrected chi connectivity index (χ4v) is 1.46. The predicted octanol–water partition coefficient (Wildman–Crippen LogP) is 2.45. The van der Waals surface area contributed by atoms with E-state index in [0.717, 1.165) is 16.9 Å². The highest BCUT2D eigenvalue weighted by molar-refractivity contribution is 5.62. The molecule has 0 saturated carbocycles. The molecule has 0 aromatic heterocycles. The van der Waals surface area contributed by atoms with Gasteiger partial charge in [0.1, 0.15) is 5.75 Å². The molecule has 1 aliphatic rings. The van der Waals surface area contributed by atoms with Crippen LogP contribution in [-0.4, -0.2) is 13.4 Å². The van der Waals surface area contributed by atoms with Crippen molar-refractivity contribution in [1.29, 1.82) is 0 Å². The maximum Gasteiger partial charge on any atom is 0.222 e. The number of ether oxygens (including phenoxy) is 2. The first-order valence-electron chi connectivity index (χ1n) is 4.28. The molecule has 2 rings (SSSR count). The minimum atomic E-state index is -0.227. The Morgan fingerprint density at radius 2 is 2.08 bits per heavy atom. The summed E-state index contributed by atoms with van der Waals surface area (Å²) in [6, 6.07) is 7.94. The van der Waals surface area contributed by atoms with Crippen molar-refractivity contribution < 1.29 is 9.47 Å². The van der Waals surface area contributed by atoms with Crippen LogP contribution >= 0.6 is 0 Å². The van der Waals surface area contributed by atoms with Crippen LogP contribution in [0.4, 0.5) is 0 Å². The molecule has 0 amide bonds. The maximum absolute atomic E-state index is 5.60. The average molecular weight is 176 g/mol. The van der Waals surface area contributed by atoms with Gasteiger partial charge in [-0.05, 0) is 24.6 Å². The molecule has 1 heterocycles. The highest BCUT2D eigenvalue weighted by atomic mass is 16.7. The first-order valence-corrected chi connectivity index (χ1v) is 4.28. The van der Waals surface area contributed by atoms with Crippen LogP contribution < -0.4 is 4.74 Å². The molecular formula is C11H12O2. The van der Waals surface area contributed by atoms with Gasteiger partial charge in [-0.2, -0.15) is 0 Å². The third-order valence-electron chi connectivity index (χ3n) is 2.12. The molecule has 68 valence electrons. The van der Waals surface area contributed by atoms with Crippen LogP contribution in [0.25, 0.3) is 6.08 Å². The van der Waals surface area contributed by atoms with Crippen molar-refractivity contribution in [1.82, 2.24) is 0 Å². The van der Waals surface area contributed by atoms with Gasteiger partial charge in [0.2, 0.25) is 6.29 Å². The van der Waals surface area contributed by atoms with Gasteiger partial charge in [-0.15, -0.1) is 0 Å². The van der Waals surface area contributed by atoms with E-state index < -0.39 is 0 Å². The molecule has 0 aliphatic carbocycles. The van der Waals surface area contributed by atoms with E-state index in [1.165, 1.54) is 0 Å². The first kappa shape index (κ1) is 8.32. The Morgan fingerprint density at radius 1 is 1.31 bits per heavy atom. The van der Waals surface area contributed by atoms with E-state index in [1.54, 1.807) is 7.11 Å². The Morgan fingerprint density at radius 3 is 2.85 bits per heavy atom. The maximum atomic E-state index is 5.60. The quantitative estimate of drug-likeness (QED) is 0.654. The minimum Gasteiger partial charge on any atom is -0.460 e. The zero-order valence-electron chi connectivity index (χ0n) is 7.78. The van der Waals surface area contributed by atoms with Crippen molar-refractivity contribution in [3.63, 3.8) is 0 Å². The number of methoxy groups -OCH3 is 1. The molecule has 0 saturated heterocycles. The summed E-state index contributed by atoms with van der Waals surface area (Å²) >= 11 is 0. The summed E-state index contributed by atoms with van der Waals surface area (Å²) < 4.78 is 10.8. The van der Waals surface area contributed by atoms with E-state index >= 15 is 0 Å². The summed E-state index contributed by atoms with van der Waals surface area (Å²) in [5.74, 6) is 0.889. The van der Waals surface area contributed by atoms with Crippen LogP contribution in [0.5, 0.6) is 5.75 Å². The standard InChI is InChI=1S/C11H12O2/c1-8-7-9-5-3-4-6-10(9)13-11(8)12-2/h3-7,11H,1-2H3. The minimum absolute atomic E-state index is 0.227. The van der Waals surface area contributed by atoms with Gasteiger partial charge in [0.05, 0.1) is 0 Å². The van der Waals surface area contributed by atoms with Crippen molar-refractivity contribution in [2.24, 2.45) is 0 Å². The van der Waals surface area contributed by atoms with Crippen LogP contribution in [0.1, 0.15) is 12.5 Å². The Kier molecular flexibility index (Phi) is 2.07. The number of fused-ring (bicyclic) bond motifs is 1. The highest BCUT2D eigenvalue weighted by Gasteiger charge is 2.17. The number of benzene rings is 1. The fourth-order valence-electron chi connectivity index (χ4n) is 1.46. The molecule has 1 aromatic rings. The lowest BCUT2D eigenvalue weighted by atomic mass is 10.1. The van der Waals surface area contributed by atoms with Gasteiger partial charge in [0, 0.05) is 12.7 Å². The zero-order valence-corrected chi connectivity index (χ0v) is 7.78. The van der Waals surface area contributed by atoms with Crippen molar-refractivity contribution in [3.05, 3.63) is 35.4 Å². The molecular weight excluding hydrogens is 164 g/mol. The Balaban J connectivity index is 2.40. The van der Waals surface area contributed by atoms with Crippen molar-refractivity contribution in [3.8, 4) is 5.75 Å². The summed E-state index contributed by atoms with van der Waals surface area (Å²) in [4.78, 5) is 0. The molecule has 1 aromatic carbocycles. The van der Waals surface area contributed by atoms with Gasteiger partial charge in [-0.25, -0.2) is 0 Å². The third kappa shape index (κ3) is 1.45. The molecule has 0 bridgehead atoms. The van der Waals surface area contributed by atoms with Gasteiger partial charge in [-0.3, -0.25) is 0 Å². The number of para-hydroxylation sites is 1. The van der Waals surface area contributed by atoms with Crippen LogP contribution in [0, 0.1) is 0 Å². The molecule has 0 fully saturated rings. The molecule has 0 spiro atoms. The monoisotopic (exact) mass is 176 g/mol. The van der Waals surface area contributed by atoms with E-state index in [4.69, 9.17) is 9.47 Å². The molecule has 1 unspecified atom stereocenters. The zero-order chi connectivity index (χ0) is 9.26. The third-order valence-corrected chi connectivity index (χ3v) is 2.12. The summed E-state index contributed by atoms with van der Waals surface area (Å²) in [6.45, 7) is 2.00. The number of rotatable bonds is 1. The topological polar surface area (TPSA) is 18.5 Å². The molecule has 0 radical (unpaired) electrons. The van der Waals surface area contributed by atoms with Gasteiger partial charge < -0.3 is 9.47 Å². The van der Waals surface area contributed by atoms with Crippen molar-refractivity contribution in [2.45, 2.75) is 13.2 Å². The smallest absolute Gasteiger partial charge is 0.222 e. The van der Waals surface area contributed by atoms with E-state index in [-0.39, 0.29) is 6.29 Å². The molecule has 1 aliphatic heterocycles. The fraction of sp³-hybridized carbons (Fsp3) is 0.273. The normalized spacial score (nSPS) is 20.2. The van der Waals surface area contributed by atoms with Crippen LogP contribution in [0.3, 0.4) is 0 Å². The Labute approximate surface area is 77.8 Å². The molecule has 13 heavy (non-hydrogen) atoms. The summed E-state index contributed by atoms with van der Waals surface area (Å²) in [6.07, 6.45) is 1.86. The SMILES string of the molecule is COC1Oc2ccccc2C=C1C. The Hall–Kier alpha value is -1.28. The molecule has 1 atom stereocenters. The van der Waals surface area contributed by atoms with E-state index in [0.29, 0.717) is 0 Å². The predicted molar refractivity (Wildman–Crippen MR) is 51.5 cm³/mol. The first-order chi connectivity index (χ1) is 6.31.